The first-order valence-electron chi connectivity index (χ1n) is 8.01. The lowest BCUT2D eigenvalue weighted by Gasteiger charge is -2.20. The van der Waals surface area contributed by atoms with Crippen LogP contribution >= 0.6 is 0 Å². The number of rotatable bonds is 5. The van der Waals surface area contributed by atoms with Crippen molar-refractivity contribution in [1.29, 1.82) is 0 Å². The van der Waals surface area contributed by atoms with Crippen molar-refractivity contribution < 1.29 is 18.7 Å². The van der Waals surface area contributed by atoms with E-state index in [9.17, 15) is 9.18 Å². The molecule has 0 radical (unpaired) electrons. The van der Waals surface area contributed by atoms with Crippen LogP contribution in [-0.2, 0) is 11.3 Å². The first-order chi connectivity index (χ1) is 12.0. The van der Waals surface area contributed by atoms with Gasteiger partial charge >= 0.3 is 0 Å². The van der Waals surface area contributed by atoms with Crippen molar-refractivity contribution in [3.8, 4) is 11.5 Å². The molecule has 3 rings (SSSR count). The minimum atomic E-state index is -0.378. The summed E-state index contributed by atoms with van der Waals surface area (Å²) in [6, 6.07) is 10.5. The molecule has 2 aromatic rings. The van der Waals surface area contributed by atoms with Gasteiger partial charge in [0, 0.05) is 18.2 Å². The zero-order valence-corrected chi connectivity index (χ0v) is 14.6. The van der Waals surface area contributed by atoms with Gasteiger partial charge in [0.2, 0.25) is 5.91 Å². The predicted molar refractivity (Wildman–Crippen MR) is 96.9 cm³/mol. The Morgan fingerprint density at radius 2 is 1.96 bits per heavy atom. The third-order valence-electron chi connectivity index (χ3n) is 4.28. The van der Waals surface area contributed by atoms with E-state index < -0.39 is 0 Å². The van der Waals surface area contributed by atoms with Crippen molar-refractivity contribution in [2.75, 3.05) is 32.3 Å². The van der Waals surface area contributed by atoms with Crippen LogP contribution in [0.4, 0.5) is 10.1 Å². The number of nitrogens with zero attached hydrogens (tertiary/aromatic N) is 2. The van der Waals surface area contributed by atoms with Gasteiger partial charge in [0.25, 0.3) is 0 Å². The summed E-state index contributed by atoms with van der Waals surface area (Å²) >= 11 is 0. The minimum absolute atomic E-state index is 0.116. The Morgan fingerprint density at radius 3 is 2.64 bits per heavy atom. The molecule has 0 aliphatic carbocycles. The van der Waals surface area contributed by atoms with Crippen molar-refractivity contribution in [3.63, 3.8) is 0 Å². The molecule has 0 N–H and O–H groups in total. The monoisotopic (exact) mass is 342 g/mol. The summed E-state index contributed by atoms with van der Waals surface area (Å²) in [5.41, 5.74) is 2.09. The molecule has 0 aromatic heterocycles. The lowest BCUT2D eigenvalue weighted by molar-refractivity contribution is -0.116. The molecule has 130 valence electrons. The maximum atomic E-state index is 14.2. The zero-order valence-electron chi connectivity index (χ0n) is 14.6. The van der Waals surface area contributed by atoms with Gasteiger partial charge in [0.15, 0.2) is 0 Å². The molecule has 2 aromatic carbocycles. The second-order valence-electron chi connectivity index (χ2n) is 6.08. The maximum absolute atomic E-state index is 14.2. The molecule has 25 heavy (non-hydrogen) atoms. The fourth-order valence-corrected chi connectivity index (χ4v) is 2.98. The highest BCUT2D eigenvalue weighted by Gasteiger charge is 2.30. The molecular weight excluding hydrogens is 322 g/mol. The lowest BCUT2D eigenvalue weighted by Crippen LogP contribution is -2.28. The van der Waals surface area contributed by atoms with Gasteiger partial charge in [0.1, 0.15) is 25.2 Å². The van der Waals surface area contributed by atoms with Gasteiger partial charge in [-0.15, -0.1) is 0 Å². The van der Waals surface area contributed by atoms with Crippen LogP contribution in [0.25, 0.3) is 0 Å². The van der Waals surface area contributed by atoms with E-state index in [0.717, 1.165) is 11.0 Å². The van der Waals surface area contributed by atoms with Crippen LogP contribution in [0, 0.1) is 5.82 Å². The number of methoxy groups -OCH3 is 2. The number of carbonyl (C=O) groups excluding carboxylic acids is 1. The molecule has 1 saturated heterocycles. The van der Waals surface area contributed by atoms with E-state index in [-0.39, 0.29) is 18.3 Å². The van der Waals surface area contributed by atoms with Gasteiger partial charge in [-0.05, 0) is 18.2 Å². The maximum Gasteiger partial charge on any atom is 0.242 e. The molecule has 0 unspecified atom stereocenters. The average molecular weight is 342 g/mol. The largest absolute Gasteiger partial charge is 0.497 e. The number of amides is 1. The first-order valence-corrected chi connectivity index (χ1v) is 8.01. The second-order valence-corrected chi connectivity index (χ2v) is 6.08. The quantitative estimate of drug-likeness (QED) is 0.758. The Balaban J connectivity index is 1.77. The number of halogens is 1. The molecule has 0 spiro atoms. The van der Waals surface area contributed by atoms with Gasteiger partial charge in [-0.1, -0.05) is 17.6 Å². The van der Waals surface area contributed by atoms with Crippen LogP contribution in [0.5, 0.6) is 11.5 Å². The normalized spacial score (nSPS) is 14.8. The van der Waals surface area contributed by atoms with Crippen LogP contribution in [0.2, 0.25) is 0 Å². The van der Waals surface area contributed by atoms with Gasteiger partial charge in [0.05, 0.1) is 33.1 Å². The molecule has 1 heterocycles. The molecule has 1 aliphatic heterocycles. The van der Waals surface area contributed by atoms with Crippen LogP contribution in [0.3, 0.4) is 0 Å². The van der Waals surface area contributed by atoms with Crippen LogP contribution in [0.1, 0.15) is 5.56 Å². The lowest BCUT2D eigenvalue weighted by atomic mass is 9.96. The number of ether oxygens (including phenoxy) is 2. The van der Waals surface area contributed by atoms with E-state index in [1.165, 1.54) is 11.0 Å². The molecule has 7 heteroatoms. The van der Waals surface area contributed by atoms with Crippen molar-refractivity contribution in [2.45, 2.75) is 6.54 Å². The molecule has 0 atom stereocenters. The van der Waals surface area contributed by atoms with Gasteiger partial charge < -0.3 is 9.47 Å². The number of hydrogen-bond acceptors (Lipinski definition) is 4. The van der Waals surface area contributed by atoms with E-state index in [0.29, 0.717) is 30.4 Å². The summed E-state index contributed by atoms with van der Waals surface area (Å²) in [4.78, 5) is 15.8. The Hall–Kier alpha value is -2.54. The fraction of sp³-hybridized carbons (Fsp3) is 0.278. The second kappa shape index (κ2) is 7.15. The van der Waals surface area contributed by atoms with Crippen LogP contribution < -0.4 is 19.8 Å². The van der Waals surface area contributed by atoms with Crippen LogP contribution in [0.15, 0.2) is 36.4 Å². The third kappa shape index (κ3) is 3.61. The molecule has 0 saturated carbocycles. The van der Waals surface area contributed by atoms with E-state index in [1.807, 2.05) is 30.9 Å². The third-order valence-corrected chi connectivity index (χ3v) is 4.28. The molecular formula is C18H20BFN2O3. The Kier molecular flexibility index (Phi) is 4.94. The predicted octanol–water partition coefficient (Wildman–Crippen LogP) is 0.908. The number of benzene rings is 2. The summed E-state index contributed by atoms with van der Waals surface area (Å²) < 4.78 is 24.8. The highest BCUT2D eigenvalue weighted by atomic mass is 19.1. The summed E-state index contributed by atoms with van der Waals surface area (Å²) in [7, 11) is 5.02. The summed E-state index contributed by atoms with van der Waals surface area (Å²) in [5.74, 6) is 0.917. The summed E-state index contributed by atoms with van der Waals surface area (Å²) in [5, 5.41) is 0. The first kappa shape index (κ1) is 17.3. The minimum Gasteiger partial charge on any atom is -0.497 e. The van der Waals surface area contributed by atoms with Gasteiger partial charge in [-0.25, -0.2) is 4.39 Å². The van der Waals surface area contributed by atoms with Crippen molar-refractivity contribution in [2.24, 2.45) is 0 Å². The van der Waals surface area contributed by atoms with E-state index in [4.69, 9.17) is 9.47 Å². The smallest absolute Gasteiger partial charge is 0.242 e. The van der Waals surface area contributed by atoms with Crippen molar-refractivity contribution in [1.82, 2.24) is 4.90 Å². The van der Waals surface area contributed by atoms with Crippen molar-refractivity contribution >= 4 is 24.9 Å². The molecule has 1 fully saturated rings. The highest BCUT2D eigenvalue weighted by Crippen LogP contribution is 2.28. The summed E-state index contributed by atoms with van der Waals surface area (Å²) in [6.45, 7) is 1.11. The topological polar surface area (TPSA) is 42.0 Å². The molecule has 5 nitrogen and oxygen atoms in total. The summed E-state index contributed by atoms with van der Waals surface area (Å²) in [6.07, 6.45) is 0. The number of hydrogen-bond donors (Lipinski definition) is 0. The Labute approximate surface area is 147 Å². The molecule has 1 amide bonds. The Bertz CT molecular complexity index is 800. The fourth-order valence-electron chi connectivity index (χ4n) is 2.98. The number of carbonyl (C=O) groups is 1. The van der Waals surface area contributed by atoms with Crippen LogP contribution in [-0.4, -0.2) is 46.1 Å². The Morgan fingerprint density at radius 1 is 1.16 bits per heavy atom. The molecule has 0 bridgehead atoms. The highest BCUT2D eigenvalue weighted by molar-refractivity contribution is 6.32. The molecule has 1 aliphatic rings. The standard InChI is InChI=1S/C18H20BFN2O3/c1-24-14-5-3-12(17(8-14)25-2)9-21-10-18(23)22(11-21)16-6-4-13(19)7-15(16)20/h3-8H,9-11,19H2,1-2H3. The van der Waals surface area contributed by atoms with E-state index in [1.54, 1.807) is 26.4 Å². The van der Waals surface area contributed by atoms with Gasteiger partial charge in [-0.3, -0.25) is 14.6 Å². The number of anilines is 1. The van der Waals surface area contributed by atoms with E-state index >= 15 is 0 Å². The SMILES string of the molecule is Bc1ccc(N2CN(Cc3ccc(OC)cc3OC)CC2=O)c(F)c1. The van der Waals surface area contributed by atoms with Gasteiger partial charge in [-0.2, -0.15) is 0 Å². The average Bonchev–Trinajstić information content (AvgIpc) is 2.95. The van der Waals surface area contributed by atoms with E-state index in [2.05, 4.69) is 0 Å². The van der Waals surface area contributed by atoms with Crippen molar-refractivity contribution in [3.05, 3.63) is 47.8 Å². The zero-order chi connectivity index (χ0) is 18.0.